The van der Waals surface area contributed by atoms with Crippen LogP contribution in [0.15, 0.2) is 30.3 Å². The van der Waals surface area contributed by atoms with Gasteiger partial charge < -0.3 is 18.6 Å². The number of hydrogen-bond acceptors (Lipinski definition) is 4. The van der Waals surface area contributed by atoms with Crippen LogP contribution in [0.4, 0.5) is 0 Å². The topological polar surface area (TPSA) is 40.2 Å². The fraction of sp³-hybridized carbons (Fsp3) is 0.667. The summed E-state index contributed by atoms with van der Waals surface area (Å²) < 4.78 is 24.0. The molecule has 2 aliphatic rings. The van der Waals surface area contributed by atoms with E-state index in [9.17, 15) is 0 Å². The van der Waals surface area contributed by atoms with Crippen LogP contribution >= 0.6 is 0 Å². The summed E-state index contributed by atoms with van der Waals surface area (Å²) in [5, 5.41) is 0.193. The molecule has 1 aromatic rings. The zero-order valence-corrected chi connectivity index (χ0v) is 15.7. The largest absolute Gasteiger partial charge is 0.409 e. The molecule has 5 heteroatoms. The Morgan fingerprint density at radius 2 is 1.83 bits per heavy atom. The van der Waals surface area contributed by atoms with Crippen LogP contribution in [0.3, 0.4) is 0 Å². The standard InChI is InChI=1S/C18H28O4Si/c1-18(2,3)23(4,5)22-14-12-20-17(16-15(14)21-16)19-11-13-9-7-6-8-10-13/h6-10,14-17H,11-12H2,1-5H3/t14-,15-,16+,17+/m1/s1. The Hall–Kier alpha value is -0.723. The Morgan fingerprint density at radius 3 is 2.48 bits per heavy atom. The lowest BCUT2D eigenvalue weighted by Crippen LogP contribution is -2.49. The van der Waals surface area contributed by atoms with Gasteiger partial charge in [-0.15, -0.1) is 0 Å². The highest BCUT2D eigenvalue weighted by atomic mass is 28.4. The third-order valence-electron chi connectivity index (χ3n) is 5.13. The number of ether oxygens (including phenoxy) is 3. The smallest absolute Gasteiger partial charge is 0.192 e. The van der Waals surface area contributed by atoms with E-state index >= 15 is 0 Å². The van der Waals surface area contributed by atoms with Crippen molar-refractivity contribution in [2.24, 2.45) is 0 Å². The number of hydrogen-bond donors (Lipinski definition) is 0. The van der Waals surface area contributed by atoms with E-state index < -0.39 is 8.32 Å². The second kappa shape index (κ2) is 6.30. The molecule has 128 valence electrons. The molecular formula is C18H28O4Si. The van der Waals surface area contributed by atoms with Crippen LogP contribution in [0.1, 0.15) is 26.3 Å². The lowest BCUT2D eigenvalue weighted by Gasteiger charge is -2.40. The SMILES string of the molecule is CC(C)(C)[Si](C)(C)O[C@@H]1CO[C@H](OCc2ccccc2)[C@H]2O[C@@H]21. The van der Waals surface area contributed by atoms with Crippen molar-refractivity contribution in [2.45, 2.75) is 70.1 Å². The van der Waals surface area contributed by atoms with Crippen LogP contribution in [-0.4, -0.2) is 39.5 Å². The number of rotatable bonds is 5. The van der Waals surface area contributed by atoms with Gasteiger partial charge in [0, 0.05) is 0 Å². The number of epoxide rings is 1. The van der Waals surface area contributed by atoms with Crippen molar-refractivity contribution in [3.8, 4) is 0 Å². The summed E-state index contributed by atoms with van der Waals surface area (Å²) in [5.41, 5.74) is 1.15. The van der Waals surface area contributed by atoms with Crippen molar-refractivity contribution >= 4 is 8.32 Å². The van der Waals surface area contributed by atoms with Gasteiger partial charge in [-0.2, -0.15) is 0 Å². The van der Waals surface area contributed by atoms with Crippen molar-refractivity contribution in [1.29, 1.82) is 0 Å². The molecule has 0 N–H and O–H groups in total. The second-order valence-corrected chi connectivity index (χ2v) is 12.7. The van der Waals surface area contributed by atoms with Gasteiger partial charge in [0.15, 0.2) is 14.6 Å². The van der Waals surface area contributed by atoms with Gasteiger partial charge in [-0.3, -0.25) is 0 Å². The third-order valence-corrected chi connectivity index (χ3v) is 9.63. The molecule has 0 radical (unpaired) electrons. The van der Waals surface area contributed by atoms with E-state index in [-0.39, 0.29) is 29.6 Å². The lowest BCUT2D eigenvalue weighted by atomic mass is 10.1. The van der Waals surface area contributed by atoms with Gasteiger partial charge in [-0.1, -0.05) is 51.1 Å². The molecule has 0 spiro atoms. The van der Waals surface area contributed by atoms with Crippen molar-refractivity contribution in [2.75, 3.05) is 6.61 Å². The molecule has 1 aromatic carbocycles. The van der Waals surface area contributed by atoms with Gasteiger partial charge in [0.05, 0.1) is 19.3 Å². The molecule has 0 saturated carbocycles. The van der Waals surface area contributed by atoms with Gasteiger partial charge in [0.2, 0.25) is 0 Å². The minimum atomic E-state index is -1.80. The molecule has 0 amide bonds. The molecule has 2 saturated heterocycles. The lowest BCUT2D eigenvalue weighted by molar-refractivity contribution is -0.180. The molecule has 0 unspecified atom stereocenters. The van der Waals surface area contributed by atoms with E-state index in [1.54, 1.807) is 0 Å². The summed E-state index contributed by atoms with van der Waals surface area (Å²) in [6, 6.07) is 10.1. The van der Waals surface area contributed by atoms with Gasteiger partial charge in [0.25, 0.3) is 0 Å². The maximum Gasteiger partial charge on any atom is 0.192 e. The molecule has 4 nitrogen and oxygen atoms in total. The first-order chi connectivity index (χ1) is 10.8. The quantitative estimate of drug-likeness (QED) is 0.607. The van der Waals surface area contributed by atoms with Gasteiger partial charge in [0.1, 0.15) is 12.2 Å². The van der Waals surface area contributed by atoms with E-state index in [2.05, 4.69) is 46.0 Å². The molecule has 0 bridgehead atoms. The van der Waals surface area contributed by atoms with E-state index in [0.717, 1.165) is 5.56 Å². The molecule has 0 aromatic heterocycles. The predicted molar refractivity (Wildman–Crippen MR) is 91.7 cm³/mol. The maximum atomic E-state index is 6.44. The summed E-state index contributed by atoms with van der Waals surface area (Å²) in [6.45, 7) is 12.4. The van der Waals surface area contributed by atoms with Gasteiger partial charge in [-0.05, 0) is 23.7 Å². The van der Waals surface area contributed by atoms with Crippen LogP contribution in [0.2, 0.25) is 18.1 Å². The zero-order chi connectivity index (χ0) is 16.7. The average molecular weight is 337 g/mol. The normalized spacial score (nSPS) is 30.8. The Morgan fingerprint density at radius 1 is 1.13 bits per heavy atom. The molecule has 2 fully saturated rings. The minimum absolute atomic E-state index is 0.0160. The van der Waals surface area contributed by atoms with Crippen molar-refractivity contribution in [3.05, 3.63) is 35.9 Å². The molecule has 2 aliphatic heterocycles. The van der Waals surface area contributed by atoms with Gasteiger partial charge >= 0.3 is 0 Å². The maximum absolute atomic E-state index is 6.44. The zero-order valence-electron chi connectivity index (χ0n) is 14.7. The molecule has 3 rings (SSSR count). The first kappa shape index (κ1) is 17.1. The van der Waals surface area contributed by atoms with Crippen LogP contribution in [-0.2, 0) is 25.2 Å². The monoisotopic (exact) mass is 336 g/mol. The van der Waals surface area contributed by atoms with Gasteiger partial charge in [-0.25, -0.2) is 0 Å². The molecule has 4 atom stereocenters. The summed E-state index contributed by atoms with van der Waals surface area (Å²) in [7, 11) is -1.80. The summed E-state index contributed by atoms with van der Waals surface area (Å²) in [4.78, 5) is 0. The highest BCUT2D eigenvalue weighted by molar-refractivity contribution is 6.74. The Balaban J connectivity index is 1.51. The Labute approximate surface area is 140 Å². The first-order valence-corrected chi connectivity index (χ1v) is 11.3. The molecular weight excluding hydrogens is 308 g/mol. The number of benzene rings is 1. The third kappa shape index (κ3) is 3.86. The van der Waals surface area contributed by atoms with Crippen molar-refractivity contribution < 1.29 is 18.6 Å². The molecule has 2 heterocycles. The first-order valence-electron chi connectivity index (χ1n) is 8.38. The fourth-order valence-corrected chi connectivity index (χ4v) is 3.90. The summed E-state index contributed by atoms with van der Waals surface area (Å²) in [6.07, 6.45) is -0.0992. The van der Waals surface area contributed by atoms with Crippen LogP contribution in [0.5, 0.6) is 0 Å². The van der Waals surface area contributed by atoms with E-state index in [1.165, 1.54) is 0 Å². The minimum Gasteiger partial charge on any atom is -0.409 e. The van der Waals surface area contributed by atoms with Crippen LogP contribution in [0.25, 0.3) is 0 Å². The summed E-state index contributed by atoms with van der Waals surface area (Å²) in [5.74, 6) is 0. The summed E-state index contributed by atoms with van der Waals surface area (Å²) >= 11 is 0. The van der Waals surface area contributed by atoms with E-state index in [4.69, 9.17) is 18.6 Å². The predicted octanol–water partition coefficient (Wildman–Crippen LogP) is 3.72. The fourth-order valence-electron chi connectivity index (χ4n) is 2.59. The van der Waals surface area contributed by atoms with Crippen LogP contribution in [0, 0.1) is 0 Å². The second-order valence-electron chi connectivity index (χ2n) is 7.98. The average Bonchev–Trinajstić information content (AvgIpc) is 3.27. The highest BCUT2D eigenvalue weighted by Crippen LogP contribution is 2.42. The highest BCUT2D eigenvalue weighted by Gasteiger charge is 2.57. The Kier molecular flexibility index (Phi) is 4.68. The molecule has 23 heavy (non-hydrogen) atoms. The van der Waals surface area contributed by atoms with Crippen molar-refractivity contribution in [3.63, 3.8) is 0 Å². The van der Waals surface area contributed by atoms with E-state index in [0.29, 0.717) is 13.2 Å². The molecule has 0 aliphatic carbocycles. The van der Waals surface area contributed by atoms with E-state index in [1.807, 2.05) is 18.2 Å². The Bertz CT molecular complexity index is 526. The van der Waals surface area contributed by atoms with Crippen LogP contribution < -0.4 is 0 Å². The van der Waals surface area contributed by atoms with Crippen molar-refractivity contribution in [1.82, 2.24) is 0 Å². The number of fused-ring (bicyclic) bond motifs is 1.